The molecule has 0 aromatic heterocycles. The summed E-state index contributed by atoms with van der Waals surface area (Å²) >= 11 is 0. The van der Waals surface area contributed by atoms with Crippen molar-refractivity contribution in [2.45, 2.75) is 20.4 Å². The molecule has 2 aromatic carbocycles. The normalized spacial score (nSPS) is 11.7. The summed E-state index contributed by atoms with van der Waals surface area (Å²) in [5.74, 6) is 0. The minimum Gasteiger partial charge on any atom is -0.501 e. The van der Waals surface area contributed by atoms with Crippen LogP contribution in [-0.2, 0) is 11.3 Å². The molecule has 2 aromatic rings. The maximum absolute atomic E-state index is 5.25. The second kappa shape index (κ2) is 8.78. The third-order valence-electron chi connectivity index (χ3n) is 3.74. The highest BCUT2D eigenvalue weighted by Gasteiger charge is 2.01. The molecule has 0 saturated heterocycles. The van der Waals surface area contributed by atoms with Crippen molar-refractivity contribution in [2.24, 2.45) is 0 Å². The lowest BCUT2D eigenvalue weighted by Gasteiger charge is -2.12. The summed E-state index contributed by atoms with van der Waals surface area (Å²) in [6, 6.07) is 14.7. The van der Waals surface area contributed by atoms with Crippen LogP contribution in [0.3, 0.4) is 0 Å². The van der Waals surface area contributed by atoms with Crippen LogP contribution in [0.4, 0.5) is 0 Å². The van der Waals surface area contributed by atoms with Crippen LogP contribution < -0.4 is 5.32 Å². The molecule has 0 aliphatic rings. The third kappa shape index (κ3) is 4.88. The van der Waals surface area contributed by atoms with Crippen molar-refractivity contribution in [1.82, 2.24) is 5.32 Å². The summed E-state index contributed by atoms with van der Waals surface area (Å²) in [6.07, 6.45) is 5.67. The smallest absolute Gasteiger partial charge is 0.0857 e. The first kappa shape index (κ1) is 17.6. The fourth-order valence-electron chi connectivity index (χ4n) is 2.35. The van der Waals surface area contributed by atoms with Crippen molar-refractivity contribution in [1.29, 1.82) is 0 Å². The van der Waals surface area contributed by atoms with E-state index in [0.717, 1.165) is 23.4 Å². The fourth-order valence-corrected chi connectivity index (χ4v) is 2.35. The van der Waals surface area contributed by atoms with Crippen LogP contribution in [0.25, 0.3) is 10.8 Å². The zero-order chi connectivity index (χ0) is 17.4. The predicted molar refractivity (Wildman–Crippen MR) is 104 cm³/mol. The molecule has 0 saturated carbocycles. The highest BCUT2D eigenvalue weighted by Crippen LogP contribution is 2.19. The Balaban J connectivity index is 1.97. The second-order valence-electron chi connectivity index (χ2n) is 5.65. The zero-order valence-electron chi connectivity index (χ0n) is 14.5. The van der Waals surface area contributed by atoms with Gasteiger partial charge in [0.2, 0.25) is 0 Å². The second-order valence-corrected chi connectivity index (χ2v) is 5.65. The van der Waals surface area contributed by atoms with E-state index in [-0.39, 0.29) is 0 Å². The fraction of sp³-hybridized carbons (Fsp3) is 0.182. The summed E-state index contributed by atoms with van der Waals surface area (Å²) in [5.41, 5.74) is 3.97. The summed E-state index contributed by atoms with van der Waals surface area (Å²) in [4.78, 5) is 0. The van der Waals surface area contributed by atoms with Gasteiger partial charge in [-0.05, 0) is 41.3 Å². The van der Waals surface area contributed by atoms with Gasteiger partial charge in [0.15, 0.2) is 0 Å². The molecule has 0 atom stereocenters. The van der Waals surface area contributed by atoms with Gasteiger partial charge in [-0.2, -0.15) is 0 Å². The Labute approximate surface area is 144 Å². The van der Waals surface area contributed by atoms with Gasteiger partial charge in [0.1, 0.15) is 0 Å². The number of hydrogen-bond acceptors (Lipinski definition) is 2. The Morgan fingerprint density at radius 3 is 2.62 bits per heavy atom. The van der Waals surface area contributed by atoms with E-state index in [4.69, 9.17) is 4.74 Å². The van der Waals surface area contributed by atoms with Crippen LogP contribution in [0, 0.1) is 0 Å². The molecule has 2 rings (SSSR count). The lowest BCUT2D eigenvalue weighted by atomic mass is 10.0. The molecule has 0 unspecified atom stereocenters. The van der Waals surface area contributed by atoms with Crippen molar-refractivity contribution in [3.8, 4) is 0 Å². The minimum absolute atomic E-state index is 0.672. The Bertz CT molecular complexity index is 778. The molecular weight excluding hydrogens is 294 g/mol. The van der Waals surface area contributed by atoms with E-state index >= 15 is 0 Å². The van der Waals surface area contributed by atoms with Crippen LogP contribution >= 0.6 is 0 Å². The van der Waals surface area contributed by atoms with Crippen LogP contribution in [-0.4, -0.2) is 6.61 Å². The van der Waals surface area contributed by atoms with Crippen LogP contribution in [0.2, 0.25) is 0 Å². The molecule has 124 valence electrons. The summed E-state index contributed by atoms with van der Waals surface area (Å²) < 4.78 is 5.25. The zero-order valence-corrected chi connectivity index (χ0v) is 14.5. The Morgan fingerprint density at radius 1 is 1.08 bits per heavy atom. The minimum atomic E-state index is 0.672. The van der Waals surface area contributed by atoms with E-state index in [1.54, 1.807) is 6.26 Å². The van der Waals surface area contributed by atoms with Gasteiger partial charge in [0.25, 0.3) is 0 Å². The van der Waals surface area contributed by atoms with E-state index < -0.39 is 0 Å². The Hall–Kier alpha value is -2.74. The SMILES string of the molecule is C=C(/C=C\C(C)=C/OCC)C(=C)NCc1cccc2ccccc12. The molecule has 0 radical (unpaired) electrons. The number of allylic oxidation sites excluding steroid dienone is 3. The first-order valence-corrected chi connectivity index (χ1v) is 8.17. The monoisotopic (exact) mass is 319 g/mol. The highest BCUT2D eigenvalue weighted by molar-refractivity contribution is 5.85. The molecule has 24 heavy (non-hydrogen) atoms. The van der Waals surface area contributed by atoms with Crippen molar-refractivity contribution in [2.75, 3.05) is 6.61 Å². The topological polar surface area (TPSA) is 21.3 Å². The lowest BCUT2D eigenvalue weighted by molar-refractivity contribution is 0.267. The molecule has 0 aliphatic carbocycles. The van der Waals surface area contributed by atoms with Crippen molar-refractivity contribution < 1.29 is 4.74 Å². The number of hydrogen-bond donors (Lipinski definition) is 1. The maximum atomic E-state index is 5.25. The van der Waals surface area contributed by atoms with Gasteiger partial charge >= 0.3 is 0 Å². The van der Waals surface area contributed by atoms with E-state index in [2.05, 4.69) is 60.9 Å². The molecule has 0 amide bonds. The number of ether oxygens (including phenoxy) is 1. The van der Waals surface area contributed by atoms with Gasteiger partial charge in [0, 0.05) is 12.2 Å². The molecule has 0 fully saturated rings. The number of fused-ring (bicyclic) bond motifs is 1. The van der Waals surface area contributed by atoms with E-state index in [9.17, 15) is 0 Å². The number of nitrogens with one attached hydrogen (secondary N) is 1. The van der Waals surface area contributed by atoms with E-state index in [1.165, 1.54) is 16.3 Å². The van der Waals surface area contributed by atoms with Gasteiger partial charge in [-0.15, -0.1) is 0 Å². The van der Waals surface area contributed by atoms with Crippen LogP contribution in [0.5, 0.6) is 0 Å². The van der Waals surface area contributed by atoms with Gasteiger partial charge in [-0.1, -0.05) is 67.8 Å². The van der Waals surface area contributed by atoms with E-state index in [1.807, 2.05) is 26.0 Å². The van der Waals surface area contributed by atoms with Gasteiger partial charge < -0.3 is 10.1 Å². The first-order valence-electron chi connectivity index (χ1n) is 8.17. The highest BCUT2D eigenvalue weighted by atomic mass is 16.5. The molecule has 2 heteroatoms. The molecule has 0 aliphatic heterocycles. The lowest BCUT2D eigenvalue weighted by Crippen LogP contribution is -2.12. The number of rotatable bonds is 8. The third-order valence-corrected chi connectivity index (χ3v) is 3.74. The van der Waals surface area contributed by atoms with Crippen LogP contribution in [0.15, 0.2) is 90.9 Å². The standard InChI is InChI=1S/C22H25NO/c1-5-24-16-17(2)13-14-18(3)19(4)23-15-21-11-8-10-20-9-6-7-12-22(20)21/h6-14,16,23H,3-5,15H2,1-2H3/b14-13-,17-16-. The van der Waals surface area contributed by atoms with Crippen LogP contribution in [0.1, 0.15) is 19.4 Å². The largest absolute Gasteiger partial charge is 0.501 e. The van der Waals surface area contributed by atoms with Gasteiger partial charge in [0.05, 0.1) is 12.9 Å². The quantitative estimate of drug-likeness (QED) is 0.513. The molecule has 0 bridgehead atoms. The Kier molecular flexibility index (Phi) is 6.44. The molecule has 0 spiro atoms. The van der Waals surface area contributed by atoms with E-state index in [0.29, 0.717) is 6.61 Å². The number of benzene rings is 2. The summed E-state index contributed by atoms with van der Waals surface area (Å²) in [7, 11) is 0. The Morgan fingerprint density at radius 2 is 1.83 bits per heavy atom. The van der Waals surface area contributed by atoms with Gasteiger partial charge in [-0.3, -0.25) is 0 Å². The predicted octanol–water partition coefficient (Wildman–Crippen LogP) is 5.50. The molecule has 2 nitrogen and oxygen atoms in total. The molecular formula is C22H25NO. The molecule has 1 N–H and O–H groups in total. The summed E-state index contributed by atoms with van der Waals surface area (Å²) in [6.45, 7) is 13.5. The maximum Gasteiger partial charge on any atom is 0.0857 e. The van der Waals surface area contributed by atoms with Crippen molar-refractivity contribution >= 4 is 10.8 Å². The van der Waals surface area contributed by atoms with Crippen molar-refractivity contribution in [3.05, 3.63) is 96.4 Å². The average molecular weight is 319 g/mol. The molecule has 0 heterocycles. The van der Waals surface area contributed by atoms with Gasteiger partial charge in [-0.25, -0.2) is 0 Å². The first-order chi connectivity index (χ1) is 11.6. The average Bonchev–Trinajstić information content (AvgIpc) is 2.62. The summed E-state index contributed by atoms with van der Waals surface area (Å²) in [5, 5.41) is 5.87. The van der Waals surface area contributed by atoms with Crippen molar-refractivity contribution in [3.63, 3.8) is 0 Å².